The minimum atomic E-state index is 0.543. The highest BCUT2D eigenvalue weighted by Crippen LogP contribution is 2.28. The zero-order valence-corrected chi connectivity index (χ0v) is 12.7. The van der Waals surface area contributed by atoms with Crippen LogP contribution in [-0.4, -0.2) is 13.2 Å². The van der Waals surface area contributed by atoms with Gasteiger partial charge in [-0.1, -0.05) is 36.9 Å². The van der Waals surface area contributed by atoms with E-state index in [0.29, 0.717) is 6.04 Å². The van der Waals surface area contributed by atoms with Crippen molar-refractivity contribution in [3.8, 4) is 5.75 Å². The highest BCUT2D eigenvalue weighted by molar-refractivity contribution is 6.31. The van der Waals surface area contributed by atoms with Gasteiger partial charge < -0.3 is 10.1 Å². The molecule has 0 aromatic heterocycles. The van der Waals surface area contributed by atoms with Crippen LogP contribution < -0.4 is 10.1 Å². The third kappa shape index (κ3) is 3.87. The maximum absolute atomic E-state index is 6.26. The number of ether oxygens (including phenoxy) is 1. The Labute approximate surface area is 121 Å². The van der Waals surface area contributed by atoms with Crippen LogP contribution in [0.5, 0.6) is 5.75 Å². The van der Waals surface area contributed by atoms with Gasteiger partial charge in [0, 0.05) is 23.2 Å². The summed E-state index contributed by atoms with van der Waals surface area (Å²) in [6, 6.07) is 6.36. The highest BCUT2D eigenvalue weighted by atomic mass is 35.5. The van der Waals surface area contributed by atoms with Crippen molar-refractivity contribution in [1.82, 2.24) is 5.32 Å². The predicted molar refractivity (Wildman–Crippen MR) is 80.9 cm³/mol. The van der Waals surface area contributed by atoms with Crippen molar-refractivity contribution in [3.63, 3.8) is 0 Å². The lowest BCUT2D eigenvalue weighted by Crippen LogP contribution is -2.34. The summed E-state index contributed by atoms with van der Waals surface area (Å²) in [6.45, 7) is 3.07. The molecule has 2 rings (SSSR count). The van der Waals surface area contributed by atoms with Crippen LogP contribution in [0, 0.1) is 5.92 Å². The molecule has 0 bridgehead atoms. The molecule has 19 heavy (non-hydrogen) atoms. The van der Waals surface area contributed by atoms with Gasteiger partial charge in [0.2, 0.25) is 0 Å². The molecule has 0 aliphatic heterocycles. The quantitative estimate of drug-likeness (QED) is 0.863. The number of nitrogens with one attached hydrogen (secondary N) is 1. The Morgan fingerprint density at radius 1 is 1.32 bits per heavy atom. The number of hydrogen-bond donors (Lipinski definition) is 1. The van der Waals surface area contributed by atoms with Crippen LogP contribution in [0.15, 0.2) is 18.2 Å². The van der Waals surface area contributed by atoms with E-state index in [1.54, 1.807) is 7.11 Å². The van der Waals surface area contributed by atoms with E-state index in [2.05, 4.69) is 12.2 Å². The topological polar surface area (TPSA) is 21.3 Å². The first-order chi connectivity index (χ1) is 9.22. The van der Waals surface area contributed by atoms with Gasteiger partial charge in [-0.05, 0) is 37.8 Å². The summed E-state index contributed by atoms with van der Waals surface area (Å²) in [5.41, 5.74) is 1.06. The first kappa shape index (κ1) is 14.7. The molecule has 106 valence electrons. The van der Waals surface area contributed by atoms with Crippen LogP contribution in [-0.2, 0) is 6.54 Å². The summed E-state index contributed by atoms with van der Waals surface area (Å²) in [6.07, 6.45) is 6.88. The van der Waals surface area contributed by atoms with Gasteiger partial charge >= 0.3 is 0 Å². The second-order valence-corrected chi connectivity index (χ2v) is 5.90. The summed E-state index contributed by atoms with van der Waals surface area (Å²) in [7, 11) is 1.69. The Bertz CT molecular complexity index is 402. The summed E-state index contributed by atoms with van der Waals surface area (Å²) < 4.78 is 5.38. The van der Waals surface area contributed by atoms with Crippen LogP contribution in [0.4, 0.5) is 0 Å². The molecular weight excluding hydrogens is 258 g/mol. The Morgan fingerprint density at radius 2 is 2.05 bits per heavy atom. The van der Waals surface area contributed by atoms with Gasteiger partial charge in [-0.3, -0.25) is 0 Å². The molecule has 1 saturated carbocycles. The van der Waals surface area contributed by atoms with Crippen LogP contribution >= 0.6 is 11.6 Å². The molecular formula is C16H24ClNO. The van der Waals surface area contributed by atoms with Gasteiger partial charge in [0.15, 0.2) is 0 Å². The average Bonchev–Trinajstić information content (AvgIpc) is 2.46. The van der Waals surface area contributed by atoms with E-state index >= 15 is 0 Å². The van der Waals surface area contributed by atoms with Gasteiger partial charge in [-0.15, -0.1) is 0 Å². The second kappa shape index (κ2) is 7.16. The molecule has 2 nitrogen and oxygen atoms in total. The van der Waals surface area contributed by atoms with E-state index in [1.807, 2.05) is 18.2 Å². The van der Waals surface area contributed by atoms with E-state index in [4.69, 9.17) is 16.3 Å². The summed E-state index contributed by atoms with van der Waals surface area (Å²) in [5.74, 6) is 1.68. The normalized spacial score (nSPS) is 18.3. The Hall–Kier alpha value is -0.730. The van der Waals surface area contributed by atoms with E-state index in [0.717, 1.165) is 28.8 Å². The lowest BCUT2D eigenvalue weighted by atomic mass is 9.84. The summed E-state index contributed by atoms with van der Waals surface area (Å²) in [4.78, 5) is 0. The van der Waals surface area contributed by atoms with Crippen LogP contribution in [0.1, 0.15) is 44.6 Å². The molecule has 0 heterocycles. The molecule has 0 unspecified atom stereocenters. The van der Waals surface area contributed by atoms with Crippen molar-refractivity contribution in [3.05, 3.63) is 28.8 Å². The van der Waals surface area contributed by atoms with E-state index in [9.17, 15) is 0 Å². The Morgan fingerprint density at radius 3 is 2.74 bits per heavy atom. The lowest BCUT2D eigenvalue weighted by molar-refractivity contribution is 0.279. The molecule has 1 fully saturated rings. The molecule has 0 amide bonds. The van der Waals surface area contributed by atoms with Crippen molar-refractivity contribution >= 4 is 11.6 Å². The zero-order chi connectivity index (χ0) is 13.7. The van der Waals surface area contributed by atoms with Crippen molar-refractivity contribution in [2.45, 2.75) is 51.6 Å². The minimum Gasteiger partial charge on any atom is -0.496 e. The van der Waals surface area contributed by atoms with E-state index < -0.39 is 0 Å². The number of benzene rings is 1. The third-order valence-corrected chi connectivity index (χ3v) is 4.61. The van der Waals surface area contributed by atoms with Gasteiger partial charge in [0.1, 0.15) is 5.75 Å². The fourth-order valence-corrected chi connectivity index (χ4v) is 3.20. The maximum Gasteiger partial charge on any atom is 0.124 e. The average molecular weight is 282 g/mol. The molecule has 1 aliphatic carbocycles. The summed E-state index contributed by atoms with van der Waals surface area (Å²) >= 11 is 6.26. The molecule has 0 spiro atoms. The van der Waals surface area contributed by atoms with Crippen molar-refractivity contribution in [1.29, 1.82) is 0 Å². The monoisotopic (exact) mass is 281 g/mol. The first-order valence-electron chi connectivity index (χ1n) is 7.27. The number of halogens is 1. The van der Waals surface area contributed by atoms with Gasteiger partial charge in [-0.2, -0.15) is 0 Å². The number of rotatable bonds is 5. The maximum atomic E-state index is 6.26. The fraction of sp³-hybridized carbons (Fsp3) is 0.625. The molecule has 3 heteroatoms. The Kier molecular flexibility index (Phi) is 5.53. The SMILES string of the molecule is COc1cccc(Cl)c1CN[C@@H](C)C1CCCCC1. The van der Waals surface area contributed by atoms with Gasteiger partial charge in [0.25, 0.3) is 0 Å². The van der Waals surface area contributed by atoms with E-state index in [1.165, 1.54) is 32.1 Å². The van der Waals surface area contributed by atoms with Crippen molar-refractivity contribution < 1.29 is 4.74 Å². The highest BCUT2D eigenvalue weighted by Gasteiger charge is 2.20. The molecule has 1 aromatic rings. The predicted octanol–water partition coefficient (Wildman–Crippen LogP) is 4.41. The van der Waals surface area contributed by atoms with Crippen LogP contribution in [0.2, 0.25) is 5.02 Å². The number of methoxy groups -OCH3 is 1. The zero-order valence-electron chi connectivity index (χ0n) is 11.9. The molecule has 0 saturated heterocycles. The fourth-order valence-electron chi connectivity index (χ4n) is 2.97. The van der Waals surface area contributed by atoms with Crippen LogP contribution in [0.3, 0.4) is 0 Å². The second-order valence-electron chi connectivity index (χ2n) is 5.49. The van der Waals surface area contributed by atoms with Crippen LogP contribution in [0.25, 0.3) is 0 Å². The molecule has 1 aromatic carbocycles. The van der Waals surface area contributed by atoms with Crippen molar-refractivity contribution in [2.75, 3.05) is 7.11 Å². The Balaban J connectivity index is 1.94. The minimum absolute atomic E-state index is 0.543. The standard InChI is InChI=1S/C16H24ClNO/c1-12(13-7-4-3-5-8-13)18-11-14-15(17)9-6-10-16(14)19-2/h6,9-10,12-13,18H,3-5,7-8,11H2,1-2H3/t12-/m0/s1. The lowest BCUT2D eigenvalue weighted by Gasteiger charge is -2.28. The largest absolute Gasteiger partial charge is 0.496 e. The molecule has 0 radical (unpaired) electrons. The van der Waals surface area contributed by atoms with Gasteiger partial charge in [0.05, 0.1) is 7.11 Å². The molecule has 1 N–H and O–H groups in total. The molecule has 1 aliphatic rings. The van der Waals surface area contributed by atoms with E-state index in [-0.39, 0.29) is 0 Å². The number of hydrogen-bond acceptors (Lipinski definition) is 2. The first-order valence-corrected chi connectivity index (χ1v) is 7.65. The summed E-state index contributed by atoms with van der Waals surface area (Å²) in [5, 5.41) is 4.40. The molecule has 1 atom stereocenters. The third-order valence-electron chi connectivity index (χ3n) is 4.25. The smallest absolute Gasteiger partial charge is 0.124 e. The van der Waals surface area contributed by atoms with Crippen molar-refractivity contribution in [2.24, 2.45) is 5.92 Å². The van der Waals surface area contributed by atoms with Gasteiger partial charge in [-0.25, -0.2) is 0 Å².